The lowest BCUT2D eigenvalue weighted by Crippen LogP contribution is -2.48. The first-order valence-corrected chi connectivity index (χ1v) is 6.67. The standard InChI is InChI=1S/C15H20N2O2/c1-12-11-19-13(2)10-17(12)7-8-18-15-5-3-14(9-16)4-6-15/h3-6,12-13H,7-8,10-11H2,1-2H3. The van der Waals surface area contributed by atoms with Crippen molar-refractivity contribution in [1.29, 1.82) is 5.26 Å². The van der Waals surface area contributed by atoms with Crippen molar-refractivity contribution < 1.29 is 9.47 Å². The highest BCUT2D eigenvalue weighted by Gasteiger charge is 2.22. The van der Waals surface area contributed by atoms with Crippen molar-refractivity contribution in [2.24, 2.45) is 0 Å². The summed E-state index contributed by atoms with van der Waals surface area (Å²) in [4.78, 5) is 2.39. The van der Waals surface area contributed by atoms with Crippen molar-refractivity contribution in [1.82, 2.24) is 4.90 Å². The van der Waals surface area contributed by atoms with E-state index in [0.29, 0.717) is 24.3 Å². The molecule has 4 heteroatoms. The van der Waals surface area contributed by atoms with Crippen LogP contribution in [0, 0.1) is 11.3 Å². The zero-order valence-electron chi connectivity index (χ0n) is 11.5. The van der Waals surface area contributed by atoms with E-state index >= 15 is 0 Å². The van der Waals surface area contributed by atoms with E-state index in [1.54, 1.807) is 12.1 Å². The molecular formula is C15H20N2O2. The molecular weight excluding hydrogens is 240 g/mol. The number of benzene rings is 1. The molecule has 1 saturated heterocycles. The third kappa shape index (κ3) is 3.95. The Labute approximate surface area is 114 Å². The van der Waals surface area contributed by atoms with Gasteiger partial charge < -0.3 is 9.47 Å². The largest absolute Gasteiger partial charge is 0.492 e. The third-order valence-electron chi connectivity index (χ3n) is 3.37. The first-order valence-electron chi connectivity index (χ1n) is 6.67. The van der Waals surface area contributed by atoms with Gasteiger partial charge in [-0.2, -0.15) is 5.26 Å². The average molecular weight is 260 g/mol. The highest BCUT2D eigenvalue weighted by molar-refractivity contribution is 5.34. The first kappa shape index (κ1) is 13.9. The second kappa shape index (κ2) is 6.55. The maximum absolute atomic E-state index is 8.72. The Morgan fingerprint density at radius 2 is 2.11 bits per heavy atom. The van der Waals surface area contributed by atoms with E-state index in [4.69, 9.17) is 14.7 Å². The van der Waals surface area contributed by atoms with Crippen LogP contribution < -0.4 is 4.74 Å². The van der Waals surface area contributed by atoms with Crippen LogP contribution in [0.15, 0.2) is 24.3 Å². The molecule has 0 N–H and O–H groups in total. The first-order chi connectivity index (χ1) is 9.19. The van der Waals surface area contributed by atoms with Crippen LogP contribution in [0.4, 0.5) is 0 Å². The Morgan fingerprint density at radius 3 is 2.79 bits per heavy atom. The van der Waals surface area contributed by atoms with E-state index in [1.807, 2.05) is 12.1 Å². The van der Waals surface area contributed by atoms with Gasteiger partial charge in [0.05, 0.1) is 24.3 Å². The van der Waals surface area contributed by atoms with Crippen LogP contribution >= 0.6 is 0 Å². The SMILES string of the molecule is CC1CN(CCOc2ccc(C#N)cc2)C(C)CO1. The van der Waals surface area contributed by atoms with Gasteiger partial charge in [0.25, 0.3) is 0 Å². The summed E-state index contributed by atoms with van der Waals surface area (Å²) >= 11 is 0. The molecule has 0 amide bonds. The summed E-state index contributed by atoms with van der Waals surface area (Å²) in [7, 11) is 0. The van der Waals surface area contributed by atoms with Crippen LogP contribution in [-0.4, -0.2) is 43.3 Å². The van der Waals surface area contributed by atoms with Crippen molar-refractivity contribution in [2.45, 2.75) is 26.0 Å². The minimum Gasteiger partial charge on any atom is -0.492 e. The Bertz CT molecular complexity index is 438. The fourth-order valence-electron chi connectivity index (χ4n) is 2.19. The van der Waals surface area contributed by atoms with E-state index in [9.17, 15) is 0 Å². The Hall–Kier alpha value is -1.57. The fraction of sp³-hybridized carbons (Fsp3) is 0.533. The number of morpholine rings is 1. The molecule has 0 spiro atoms. The fourth-order valence-corrected chi connectivity index (χ4v) is 2.19. The summed E-state index contributed by atoms with van der Waals surface area (Å²) in [6.45, 7) is 7.57. The maximum Gasteiger partial charge on any atom is 0.119 e. The number of nitrogens with zero attached hydrogens (tertiary/aromatic N) is 2. The van der Waals surface area contributed by atoms with E-state index in [2.05, 4.69) is 24.8 Å². The van der Waals surface area contributed by atoms with Gasteiger partial charge in [-0.1, -0.05) is 0 Å². The van der Waals surface area contributed by atoms with Crippen LogP contribution in [0.3, 0.4) is 0 Å². The second-order valence-electron chi connectivity index (χ2n) is 4.97. The van der Waals surface area contributed by atoms with Gasteiger partial charge in [0.2, 0.25) is 0 Å². The number of rotatable bonds is 4. The predicted molar refractivity (Wildman–Crippen MR) is 73.1 cm³/mol. The van der Waals surface area contributed by atoms with Gasteiger partial charge >= 0.3 is 0 Å². The zero-order chi connectivity index (χ0) is 13.7. The van der Waals surface area contributed by atoms with Gasteiger partial charge in [0.1, 0.15) is 12.4 Å². The van der Waals surface area contributed by atoms with Crippen LogP contribution in [0.25, 0.3) is 0 Å². The Balaban J connectivity index is 1.77. The molecule has 4 nitrogen and oxygen atoms in total. The molecule has 1 aromatic carbocycles. The van der Waals surface area contributed by atoms with Crippen molar-refractivity contribution in [3.63, 3.8) is 0 Å². The molecule has 1 aliphatic rings. The minimum absolute atomic E-state index is 0.297. The number of hydrogen-bond donors (Lipinski definition) is 0. The molecule has 0 bridgehead atoms. The smallest absolute Gasteiger partial charge is 0.119 e. The van der Waals surface area contributed by atoms with Gasteiger partial charge in [-0.15, -0.1) is 0 Å². The molecule has 2 rings (SSSR count). The number of nitriles is 1. The van der Waals surface area contributed by atoms with E-state index < -0.39 is 0 Å². The van der Waals surface area contributed by atoms with E-state index in [0.717, 1.165) is 25.4 Å². The van der Waals surface area contributed by atoms with Gasteiger partial charge in [0, 0.05) is 19.1 Å². The van der Waals surface area contributed by atoms with Crippen LogP contribution in [0.2, 0.25) is 0 Å². The summed E-state index contributed by atoms with van der Waals surface area (Å²) in [6, 6.07) is 9.76. The van der Waals surface area contributed by atoms with Crippen molar-refractivity contribution in [2.75, 3.05) is 26.3 Å². The van der Waals surface area contributed by atoms with Crippen molar-refractivity contribution in [3.8, 4) is 11.8 Å². The zero-order valence-corrected chi connectivity index (χ0v) is 11.5. The summed E-state index contributed by atoms with van der Waals surface area (Å²) in [5.41, 5.74) is 0.656. The lowest BCUT2D eigenvalue weighted by atomic mass is 10.2. The number of hydrogen-bond acceptors (Lipinski definition) is 4. The molecule has 2 unspecified atom stereocenters. The van der Waals surface area contributed by atoms with Crippen molar-refractivity contribution >= 4 is 0 Å². The van der Waals surface area contributed by atoms with E-state index in [1.165, 1.54) is 0 Å². The highest BCUT2D eigenvalue weighted by Crippen LogP contribution is 2.13. The molecule has 102 valence electrons. The van der Waals surface area contributed by atoms with Gasteiger partial charge in [-0.05, 0) is 38.1 Å². The van der Waals surface area contributed by atoms with Crippen LogP contribution in [0.1, 0.15) is 19.4 Å². The molecule has 1 aromatic rings. The lowest BCUT2D eigenvalue weighted by molar-refractivity contribution is -0.0522. The molecule has 0 saturated carbocycles. The van der Waals surface area contributed by atoms with Crippen molar-refractivity contribution in [3.05, 3.63) is 29.8 Å². The third-order valence-corrected chi connectivity index (χ3v) is 3.37. The van der Waals surface area contributed by atoms with Crippen LogP contribution in [-0.2, 0) is 4.74 Å². The van der Waals surface area contributed by atoms with Gasteiger partial charge in [-0.3, -0.25) is 4.90 Å². The average Bonchev–Trinajstić information content (AvgIpc) is 2.43. The lowest BCUT2D eigenvalue weighted by Gasteiger charge is -2.36. The summed E-state index contributed by atoms with van der Waals surface area (Å²) in [5.74, 6) is 0.813. The van der Waals surface area contributed by atoms with E-state index in [-0.39, 0.29) is 0 Å². The minimum atomic E-state index is 0.297. The quantitative estimate of drug-likeness (QED) is 0.831. The molecule has 1 heterocycles. The van der Waals surface area contributed by atoms with Gasteiger partial charge in [-0.25, -0.2) is 0 Å². The monoisotopic (exact) mass is 260 g/mol. The molecule has 1 aliphatic heterocycles. The second-order valence-corrected chi connectivity index (χ2v) is 4.97. The molecule has 0 radical (unpaired) electrons. The molecule has 0 aromatic heterocycles. The topological polar surface area (TPSA) is 45.5 Å². The summed E-state index contributed by atoms with van der Waals surface area (Å²) < 4.78 is 11.3. The highest BCUT2D eigenvalue weighted by atomic mass is 16.5. The predicted octanol–water partition coefficient (Wildman–Crippen LogP) is 2.05. The van der Waals surface area contributed by atoms with Gasteiger partial charge in [0.15, 0.2) is 0 Å². The number of ether oxygens (including phenoxy) is 2. The molecule has 0 aliphatic carbocycles. The van der Waals surface area contributed by atoms with Crippen LogP contribution in [0.5, 0.6) is 5.75 Å². The summed E-state index contributed by atoms with van der Waals surface area (Å²) in [6.07, 6.45) is 0.297. The Kier molecular flexibility index (Phi) is 4.78. The molecule has 19 heavy (non-hydrogen) atoms. The normalized spacial score (nSPS) is 23.8. The molecule has 1 fully saturated rings. The Morgan fingerprint density at radius 1 is 1.37 bits per heavy atom. The molecule has 2 atom stereocenters. The maximum atomic E-state index is 8.72. The summed E-state index contributed by atoms with van der Waals surface area (Å²) in [5, 5.41) is 8.72.